The van der Waals surface area contributed by atoms with Gasteiger partial charge in [0.25, 0.3) is 0 Å². The van der Waals surface area contributed by atoms with Gasteiger partial charge in [0.2, 0.25) is 0 Å². The zero-order valence-electron chi connectivity index (χ0n) is 19.7. The standard InChI is InChI=1S/C26H28.C2H6.C2H2.2CH4/c1-6-12-21(8-3)26(22-14-10-9-11-15-22)24(13-7-2)20(5)23-17-16-19(4)18-25(23)26;2*1-2;;/h6-18H,1-5H3;1-2H3;1-2H;2*1H4/b12-6-,13-7-,21-8+;;;;. The zero-order valence-corrected chi connectivity index (χ0v) is 19.7. The molecule has 0 aromatic heterocycles. The lowest BCUT2D eigenvalue weighted by molar-refractivity contribution is 0.756. The van der Waals surface area contributed by atoms with Crippen molar-refractivity contribution in [2.75, 3.05) is 0 Å². The lowest BCUT2D eigenvalue weighted by Gasteiger charge is -2.36. The van der Waals surface area contributed by atoms with E-state index in [0.717, 1.165) is 0 Å². The van der Waals surface area contributed by atoms with E-state index in [1.807, 2.05) is 13.8 Å². The largest absolute Gasteiger partial charge is 0.124 e. The van der Waals surface area contributed by atoms with E-state index in [9.17, 15) is 0 Å². The van der Waals surface area contributed by atoms with Crippen molar-refractivity contribution in [1.29, 1.82) is 0 Å². The summed E-state index contributed by atoms with van der Waals surface area (Å²) in [5, 5.41) is 0. The van der Waals surface area contributed by atoms with Crippen LogP contribution < -0.4 is 0 Å². The first kappa shape index (κ1) is 31.1. The Morgan fingerprint density at radius 1 is 0.844 bits per heavy atom. The summed E-state index contributed by atoms with van der Waals surface area (Å²) in [4.78, 5) is 0. The Bertz CT molecular complexity index is 962. The van der Waals surface area contributed by atoms with Gasteiger partial charge < -0.3 is 0 Å². The number of aryl methyl sites for hydroxylation is 1. The van der Waals surface area contributed by atoms with E-state index in [0.29, 0.717) is 0 Å². The van der Waals surface area contributed by atoms with Crippen LogP contribution in [0, 0.1) is 19.8 Å². The third kappa shape index (κ3) is 5.41. The van der Waals surface area contributed by atoms with Gasteiger partial charge in [-0.25, -0.2) is 0 Å². The zero-order chi connectivity index (χ0) is 22.7. The van der Waals surface area contributed by atoms with Gasteiger partial charge in [0.05, 0.1) is 5.41 Å². The molecule has 0 saturated heterocycles. The van der Waals surface area contributed by atoms with Crippen LogP contribution in [0.4, 0.5) is 0 Å². The van der Waals surface area contributed by atoms with Crippen LogP contribution in [-0.4, -0.2) is 0 Å². The van der Waals surface area contributed by atoms with E-state index >= 15 is 0 Å². The van der Waals surface area contributed by atoms with E-state index in [2.05, 4.69) is 126 Å². The van der Waals surface area contributed by atoms with Gasteiger partial charge >= 0.3 is 0 Å². The number of hydrogen-bond donors (Lipinski definition) is 0. The second-order valence-electron chi connectivity index (χ2n) is 6.95. The third-order valence-corrected chi connectivity index (χ3v) is 5.42. The van der Waals surface area contributed by atoms with Crippen LogP contribution in [0.2, 0.25) is 0 Å². The summed E-state index contributed by atoms with van der Waals surface area (Å²) in [6.07, 6.45) is 19.1. The SMILES string of the molecule is C.C.C#C.C/C=C\C1=C(C)c2ccc(C)cc2C1(C(/C=C\C)=C/C)c1ccccc1.CC. The molecule has 0 saturated carbocycles. The lowest BCUT2D eigenvalue weighted by atomic mass is 9.66. The number of benzene rings is 2. The number of terminal acetylenes is 1. The Morgan fingerprint density at radius 2 is 1.44 bits per heavy atom. The molecule has 0 heteroatoms. The Kier molecular flexibility index (Phi) is 14.5. The number of rotatable bonds is 4. The average molecular weight is 429 g/mol. The highest BCUT2D eigenvalue weighted by molar-refractivity contribution is 5.87. The Hall–Kier alpha value is -3.04. The molecule has 0 nitrogen and oxygen atoms in total. The van der Waals surface area contributed by atoms with Crippen molar-refractivity contribution in [3.05, 3.63) is 112 Å². The molecule has 32 heavy (non-hydrogen) atoms. The topological polar surface area (TPSA) is 0 Å². The number of allylic oxidation sites excluding steroid dienone is 8. The minimum absolute atomic E-state index is 0. The molecule has 0 spiro atoms. The van der Waals surface area contributed by atoms with Gasteiger partial charge in [-0.2, -0.15) is 0 Å². The molecule has 0 heterocycles. The van der Waals surface area contributed by atoms with Gasteiger partial charge in [-0.15, -0.1) is 12.8 Å². The maximum atomic E-state index is 4.00. The minimum atomic E-state index is -0.263. The van der Waals surface area contributed by atoms with Gasteiger partial charge in [-0.1, -0.05) is 113 Å². The first-order chi connectivity index (χ1) is 14.6. The second kappa shape index (κ2) is 14.9. The van der Waals surface area contributed by atoms with Crippen LogP contribution in [-0.2, 0) is 5.41 Å². The normalized spacial score (nSPS) is 16.8. The van der Waals surface area contributed by atoms with Crippen molar-refractivity contribution in [2.45, 2.75) is 68.7 Å². The fourth-order valence-corrected chi connectivity index (χ4v) is 4.38. The molecule has 1 aliphatic rings. The van der Waals surface area contributed by atoms with Gasteiger partial charge in [0, 0.05) is 0 Å². The van der Waals surface area contributed by atoms with Gasteiger partial charge in [-0.3, -0.25) is 0 Å². The van der Waals surface area contributed by atoms with Crippen molar-refractivity contribution >= 4 is 5.57 Å². The van der Waals surface area contributed by atoms with Gasteiger partial charge in [0.15, 0.2) is 0 Å². The van der Waals surface area contributed by atoms with Gasteiger partial charge in [0.1, 0.15) is 0 Å². The van der Waals surface area contributed by atoms with Crippen LogP contribution in [0.1, 0.15) is 78.6 Å². The van der Waals surface area contributed by atoms with E-state index < -0.39 is 0 Å². The van der Waals surface area contributed by atoms with Crippen LogP contribution in [0.5, 0.6) is 0 Å². The highest BCUT2D eigenvalue weighted by Crippen LogP contribution is 2.55. The molecule has 3 rings (SSSR count). The first-order valence-electron chi connectivity index (χ1n) is 10.7. The molecule has 0 fully saturated rings. The smallest absolute Gasteiger partial charge is 0.0706 e. The molecule has 2 aromatic carbocycles. The summed E-state index contributed by atoms with van der Waals surface area (Å²) in [5.74, 6) is 0. The van der Waals surface area contributed by atoms with Crippen LogP contribution in [0.3, 0.4) is 0 Å². The summed E-state index contributed by atoms with van der Waals surface area (Å²) in [6, 6.07) is 17.8. The highest BCUT2D eigenvalue weighted by atomic mass is 14.5. The summed E-state index contributed by atoms with van der Waals surface area (Å²) < 4.78 is 0. The average Bonchev–Trinajstić information content (AvgIpc) is 3.04. The van der Waals surface area contributed by atoms with Crippen LogP contribution >= 0.6 is 0 Å². The fourth-order valence-electron chi connectivity index (χ4n) is 4.38. The van der Waals surface area contributed by atoms with Crippen molar-refractivity contribution in [3.63, 3.8) is 0 Å². The summed E-state index contributed by atoms with van der Waals surface area (Å²) in [5.41, 5.74) is 9.17. The van der Waals surface area contributed by atoms with E-state index in [4.69, 9.17) is 0 Å². The maximum absolute atomic E-state index is 4.00. The highest BCUT2D eigenvalue weighted by Gasteiger charge is 2.46. The molecule has 0 N–H and O–H groups in total. The molecule has 2 aromatic rings. The molecule has 0 amide bonds. The first-order valence-corrected chi connectivity index (χ1v) is 10.7. The monoisotopic (exact) mass is 428 g/mol. The van der Waals surface area contributed by atoms with E-state index in [1.54, 1.807) is 0 Å². The molecule has 1 atom stereocenters. The molecular formula is C32H44. The molecule has 0 radical (unpaired) electrons. The summed E-state index contributed by atoms with van der Waals surface area (Å²) in [6.45, 7) is 14.8. The predicted octanol–water partition coefficient (Wildman–Crippen LogP) is 9.71. The lowest BCUT2D eigenvalue weighted by Crippen LogP contribution is -2.30. The van der Waals surface area contributed by atoms with Crippen molar-refractivity contribution in [2.24, 2.45) is 0 Å². The number of fused-ring (bicyclic) bond motifs is 1. The Morgan fingerprint density at radius 3 is 1.94 bits per heavy atom. The van der Waals surface area contributed by atoms with Crippen molar-refractivity contribution < 1.29 is 0 Å². The molecular weight excluding hydrogens is 384 g/mol. The summed E-state index contributed by atoms with van der Waals surface area (Å²) in [7, 11) is 0. The van der Waals surface area contributed by atoms with Crippen molar-refractivity contribution in [1.82, 2.24) is 0 Å². The number of hydrogen-bond acceptors (Lipinski definition) is 0. The maximum Gasteiger partial charge on any atom is 0.0706 e. The minimum Gasteiger partial charge on any atom is -0.124 e. The molecule has 1 unspecified atom stereocenters. The van der Waals surface area contributed by atoms with E-state index in [-0.39, 0.29) is 20.3 Å². The predicted molar refractivity (Wildman–Crippen MR) is 149 cm³/mol. The molecule has 1 aliphatic carbocycles. The summed E-state index contributed by atoms with van der Waals surface area (Å²) >= 11 is 0. The third-order valence-electron chi connectivity index (χ3n) is 5.42. The molecule has 0 bridgehead atoms. The van der Waals surface area contributed by atoms with Gasteiger partial charge in [-0.05, 0) is 68.0 Å². The second-order valence-corrected chi connectivity index (χ2v) is 6.95. The van der Waals surface area contributed by atoms with Crippen molar-refractivity contribution in [3.8, 4) is 12.8 Å². The Labute approximate surface area is 199 Å². The molecule has 172 valence electrons. The molecule has 0 aliphatic heterocycles. The van der Waals surface area contributed by atoms with Crippen LogP contribution in [0.25, 0.3) is 5.57 Å². The van der Waals surface area contributed by atoms with Crippen LogP contribution in [0.15, 0.2) is 90.1 Å². The Balaban J connectivity index is 0. The fraction of sp³-hybridized carbons (Fsp3) is 0.312. The quantitative estimate of drug-likeness (QED) is 0.336. The van der Waals surface area contributed by atoms with E-state index in [1.165, 1.54) is 39.0 Å².